The molecule has 0 aliphatic carbocycles. The molecule has 0 saturated carbocycles. The first-order chi connectivity index (χ1) is 12.7. The molecule has 0 spiro atoms. The van der Waals surface area contributed by atoms with Crippen LogP contribution in [0.15, 0.2) is 54.7 Å². The molecule has 0 saturated heterocycles. The van der Waals surface area contributed by atoms with E-state index in [1.54, 1.807) is 18.2 Å². The Morgan fingerprint density at radius 1 is 1.23 bits per heavy atom. The standard InChI is InChI=1S/C20H19ClN4O/c21-17-8-2-1-7-16(17)20(26)23-15-6-3-5-14(11-15)13-25-10-4-9-18-19(25)12-22-24-18/h1-3,5-8,11-12H,4,9-10,13H2,(H,22,24)(H,23,26). The van der Waals surface area contributed by atoms with E-state index in [2.05, 4.69) is 26.5 Å². The molecule has 1 amide bonds. The Bertz CT molecular complexity index is 937. The van der Waals surface area contributed by atoms with Crippen LogP contribution in [0.25, 0.3) is 0 Å². The van der Waals surface area contributed by atoms with Gasteiger partial charge in [-0.1, -0.05) is 35.9 Å². The van der Waals surface area contributed by atoms with E-state index in [0.717, 1.165) is 37.2 Å². The van der Waals surface area contributed by atoms with Gasteiger partial charge in [0.2, 0.25) is 0 Å². The van der Waals surface area contributed by atoms with Crippen LogP contribution < -0.4 is 10.2 Å². The molecule has 0 fully saturated rings. The van der Waals surface area contributed by atoms with Gasteiger partial charge in [0.15, 0.2) is 0 Å². The fourth-order valence-corrected chi connectivity index (χ4v) is 3.53. The maximum absolute atomic E-state index is 12.4. The Balaban J connectivity index is 1.49. The summed E-state index contributed by atoms with van der Waals surface area (Å²) in [5.41, 5.74) is 4.73. The number of amides is 1. The number of hydrogen-bond acceptors (Lipinski definition) is 3. The van der Waals surface area contributed by atoms with Crippen molar-refractivity contribution in [2.75, 3.05) is 16.8 Å². The fraction of sp³-hybridized carbons (Fsp3) is 0.200. The zero-order valence-corrected chi connectivity index (χ0v) is 15.0. The molecule has 26 heavy (non-hydrogen) atoms. The van der Waals surface area contributed by atoms with Crippen LogP contribution in [-0.4, -0.2) is 22.6 Å². The number of H-pyrrole nitrogens is 1. The number of aromatic amines is 1. The van der Waals surface area contributed by atoms with Crippen molar-refractivity contribution in [3.05, 3.63) is 76.6 Å². The van der Waals surface area contributed by atoms with Crippen molar-refractivity contribution in [1.82, 2.24) is 10.2 Å². The van der Waals surface area contributed by atoms with Crippen LogP contribution in [0, 0.1) is 0 Å². The first-order valence-electron chi connectivity index (χ1n) is 8.63. The smallest absolute Gasteiger partial charge is 0.257 e. The topological polar surface area (TPSA) is 61.0 Å². The summed E-state index contributed by atoms with van der Waals surface area (Å²) in [6.45, 7) is 1.78. The summed E-state index contributed by atoms with van der Waals surface area (Å²) in [6.07, 6.45) is 4.04. The molecule has 2 aromatic carbocycles. The van der Waals surface area contributed by atoms with E-state index in [-0.39, 0.29) is 5.91 Å². The van der Waals surface area contributed by atoms with E-state index < -0.39 is 0 Å². The Morgan fingerprint density at radius 2 is 2.12 bits per heavy atom. The first kappa shape index (κ1) is 16.7. The fourth-order valence-electron chi connectivity index (χ4n) is 3.31. The van der Waals surface area contributed by atoms with E-state index >= 15 is 0 Å². The van der Waals surface area contributed by atoms with E-state index in [4.69, 9.17) is 11.6 Å². The van der Waals surface area contributed by atoms with Crippen LogP contribution in [0.4, 0.5) is 11.4 Å². The monoisotopic (exact) mass is 366 g/mol. The second kappa shape index (κ2) is 7.22. The number of fused-ring (bicyclic) bond motifs is 1. The van der Waals surface area contributed by atoms with Gasteiger partial charge in [-0.3, -0.25) is 9.89 Å². The van der Waals surface area contributed by atoms with E-state index in [1.165, 1.54) is 11.4 Å². The lowest BCUT2D eigenvalue weighted by atomic mass is 10.1. The maximum atomic E-state index is 12.4. The molecule has 5 nitrogen and oxygen atoms in total. The maximum Gasteiger partial charge on any atom is 0.257 e. The lowest BCUT2D eigenvalue weighted by Gasteiger charge is -2.28. The summed E-state index contributed by atoms with van der Waals surface area (Å²) >= 11 is 6.11. The molecule has 2 heterocycles. The Labute approximate surface area is 157 Å². The van der Waals surface area contributed by atoms with Crippen LogP contribution in [-0.2, 0) is 13.0 Å². The van der Waals surface area contributed by atoms with Crippen molar-refractivity contribution in [2.45, 2.75) is 19.4 Å². The van der Waals surface area contributed by atoms with Gasteiger partial charge < -0.3 is 10.2 Å². The number of carbonyl (C=O) groups excluding carboxylic acids is 1. The minimum atomic E-state index is -0.206. The van der Waals surface area contributed by atoms with Gasteiger partial charge in [0.1, 0.15) is 0 Å². The molecule has 0 atom stereocenters. The van der Waals surface area contributed by atoms with E-state index in [9.17, 15) is 4.79 Å². The minimum absolute atomic E-state index is 0.206. The van der Waals surface area contributed by atoms with Gasteiger partial charge >= 0.3 is 0 Å². The summed E-state index contributed by atoms with van der Waals surface area (Å²) in [4.78, 5) is 14.8. The van der Waals surface area contributed by atoms with Crippen molar-refractivity contribution in [3.8, 4) is 0 Å². The van der Waals surface area contributed by atoms with E-state index in [1.807, 2.05) is 30.5 Å². The average molecular weight is 367 g/mol. The van der Waals surface area contributed by atoms with Crippen molar-refractivity contribution in [3.63, 3.8) is 0 Å². The normalized spacial score (nSPS) is 13.3. The molecule has 2 N–H and O–H groups in total. The molecular formula is C20H19ClN4O. The van der Waals surface area contributed by atoms with Crippen LogP contribution in [0.3, 0.4) is 0 Å². The third-order valence-corrected chi connectivity index (χ3v) is 4.90. The number of halogens is 1. The number of aromatic nitrogens is 2. The molecule has 6 heteroatoms. The highest BCUT2D eigenvalue weighted by atomic mass is 35.5. The SMILES string of the molecule is O=C(Nc1cccc(CN2CCCc3[nH]ncc32)c1)c1ccccc1Cl. The number of carbonyl (C=O) groups is 1. The van der Waals surface area contributed by atoms with Crippen molar-refractivity contribution < 1.29 is 4.79 Å². The summed E-state index contributed by atoms with van der Waals surface area (Å²) in [7, 11) is 0. The minimum Gasteiger partial charge on any atom is -0.364 e. The molecule has 4 rings (SSSR count). The van der Waals surface area contributed by atoms with Crippen LogP contribution >= 0.6 is 11.6 Å². The Kier molecular flexibility index (Phi) is 4.63. The second-order valence-electron chi connectivity index (χ2n) is 6.39. The first-order valence-corrected chi connectivity index (χ1v) is 9.00. The highest BCUT2D eigenvalue weighted by Gasteiger charge is 2.18. The molecule has 132 valence electrons. The summed E-state index contributed by atoms with van der Waals surface area (Å²) in [5, 5.41) is 10.6. The van der Waals surface area contributed by atoms with Gasteiger partial charge in [-0.15, -0.1) is 0 Å². The van der Waals surface area contributed by atoms with E-state index in [0.29, 0.717) is 10.6 Å². The third-order valence-electron chi connectivity index (χ3n) is 4.57. The van der Waals surface area contributed by atoms with Gasteiger partial charge in [0.05, 0.1) is 28.2 Å². The third kappa shape index (κ3) is 3.44. The molecule has 3 aromatic rings. The van der Waals surface area contributed by atoms with Gasteiger partial charge in [-0.2, -0.15) is 5.10 Å². The summed E-state index contributed by atoms with van der Waals surface area (Å²) in [5.74, 6) is -0.206. The molecule has 0 unspecified atom stereocenters. The molecule has 0 bridgehead atoms. The number of nitrogens with zero attached hydrogens (tertiary/aromatic N) is 2. The van der Waals surface area contributed by atoms with Crippen molar-refractivity contribution in [2.24, 2.45) is 0 Å². The van der Waals surface area contributed by atoms with Crippen LogP contribution in [0.1, 0.15) is 28.0 Å². The van der Waals surface area contributed by atoms with Crippen molar-refractivity contribution >= 4 is 28.9 Å². The zero-order valence-electron chi connectivity index (χ0n) is 14.2. The molecule has 1 aromatic heterocycles. The number of hydrogen-bond donors (Lipinski definition) is 2. The average Bonchev–Trinajstić information content (AvgIpc) is 3.12. The van der Waals surface area contributed by atoms with Gasteiger partial charge in [-0.05, 0) is 42.7 Å². The lowest BCUT2D eigenvalue weighted by molar-refractivity contribution is 0.102. The number of nitrogens with one attached hydrogen (secondary N) is 2. The number of rotatable bonds is 4. The van der Waals surface area contributed by atoms with Crippen LogP contribution in [0.5, 0.6) is 0 Å². The predicted octanol–water partition coefficient (Wildman–Crippen LogP) is 4.27. The summed E-state index contributed by atoms with van der Waals surface area (Å²) in [6, 6.07) is 15.0. The summed E-state index contributed by atoms with van der Waals surface area (Å²) < 4.78 is 0. The zero-order chi connectivity index (χ0) is 17.9. The lowest BCUT2D eigenvalue weighted by Crippen LogP contribution is -2.28. The second-order valence-corrected chi connectivity index (χ2v) is 6.80. The number of aryl methyl sites for hydroxylation is 1. The predicted molar refractivity (Wildman–Crippen MR) is 104 cm³/mol. The number of anilines is 2. The van der Waals surface area contributed by atoms with Crippen LogP contribution in [0.2, 0.25) is 5.02 Å². The quantitative estimate of drug-likeness (QED) is 0.725. The number of benzene rings is 2. The molecule has 1 aliphatic heterocycles. The van der Waals surface area contributed by atoms with Gasteiger partial charge in [0.25, 0.3) is 5.91 Å². The highest BCUT2D eigenvalue weighted by Crippen LogP contribution is 2.27. The highest BCUT2D eigenvalue weighted by molar-refractivity contribution is 6.34. The van der Waals surface area contributed by atoms with Gasteiger partial charge in [-0.25, -0.2) is 0 Å². The Hall–Kier alpha value is -2.79. The molecular weight excluding hydrogens is 348 g/mol. The van der Waals surface area contributed by atoms with Gasteiger partial charge in [0, 0.05) is 18.8 Å². The molecule has 0 radical (unpaired) electrons. The Morgan fingerprint density at radius 3 is 3.00 bits per heavy atom. The molecule has 1 aliphatic rings. The largest absolute Gasteiger partial charge is 0.364 e. The van der Waals surface area contributed by atoms with Crippen molar-refractivity contribution in [1.29, 1.82) is 0 Å².